The molecule has 2 N–H and O–H groups in total. The Labute approximate surface area is 149 Å². The average Bonchev–Trinajstić information content (AvgIpc) is 2.63. The SMILES string of the molecule is O=C(Nc1cccc(C(F)(F)F)c1)c1ccc(NC2CCCCC2)nc1. The minimum Gasteiger partial charge on any atom is -0.367 e. The van der Waals surface area contributed by atoms with Crippen molar-refractivity contribution in [2.75, 3.05) is 10.6 Å². The first-order chi connectivity index (χ1) is 12.4. The van der Waals surface area contributed by atoms with Gasteiger partial charge in [0.15, 0.2) is 0 Å². The molecule has 1 aromatic heterocycles. The molecule has 1 aliphatic carbocycles. The first-order valence-electron chi connectivity index (χ1n) is 8.63. The Morgan fingerprint density at radius 3 is 2.50 bits per heavy atom. The average molecular weight is 363 g/mol. The van der Waals surface area contributed by atoms with E-state index in [1.165, 1.54) is 37.6 Å². The van der Waals surface area contributed by atoms with E-state index >= 15 is 0 Å². The Morgan fingerprint density at radius 1 is 1.08 bits per heavy atom. The number of nitrogens with one attached hydrogen (secondary N) is 2. The molecule has 7 heteroatoms. The fourth-order valence-electron chi connectivity index (χ4n) is 3.05. The van der Waals surface area contributed by atoms with Crippen LogP contribution in [-0.2, 0) is 6.18 Å². The van der Waals surface area contributed by atoms with Gasteiger partial charge in [0.1, 0.15) is 5.82 Å². The number of carbonyl (C=O) groups is 1. The van der Waals surface area contributed by atoms with Crippen molar-refractivity contribution in [1.82, 2.24) is 4.98 Å². The van der Waals surface area contributed by atoms with Crippen LogP contribution in [-0.4, -0.2) is 16.9 Å². The number of halogens is 3. The molecular weight excluding hydrogens is 343 g/mol. The lowest BCUT2D eigenvalue weighted by Crippen LogP contribution is -2.23. The molecule has 0 aliphatic heterocycles. The predicted octanol–water partition coefficient (Wildman–Crippen LogP) is 5.10. The van der Waals surface area contributed by atoms with Crippen LogP contribution in [0.15, 0.2) is 42.6 Å². The summed E-state index contributed by atoms with van der Waals surface area (Å²) in [6, 6.07) is 8.28. The van der Waals surface area contributed by atoms with Gasteiger partial charge in [-0.2, -0.15) is 13.2 Å². The van der Waals surface area contributed by atoms with Gasteiger partial charge in [-0.3, -0.25) is 4.79 Å². The normalized spacial score (nSPS) is 15.5. The second kappa shape index (κ2) is 7.76. The summed E-state index contributed by atoms with van der Waals surface area (Å²) in [7, 11) is 0. The fourth-order valence-corrected chi connectivity index (χ4v) is 3.05. The zero-order valence-electron chi connectivity index (χ0n) is 14.1. The zero-order valence-corrected chi connectivity index (χ0v) is 14.1. The van der Waals surface area contributed by atoms with Crippen LogP contribution < -0.4 is 10.6 Å². The molecule has 1 saturated carbocycles. The molecule has 1 aliphatic rings. The molecule has 0 saturated heterocycles. The van der Waals surface area contributed by atoms with Crippen molar-refractivity contribution in [3.63, 3.8) is 0 Å². The Kier molecular flexibility index (Phi) is 5.44. The maximum absolute atomic E-state index is 12.7. The zero-order chi connectivity index (χ0) is 18.6. The Morgan fingerprint density at radius 2 is 1.85 bits per heavy atom. The number of hydrogen-bond acceptors (Lipinski definition) is 3. The van der Waals surface area contributed by atoms with Gasteiger partial charge in [-0.25, -0.2) is 4.98 Å². The predicted molar refractivity (Wildman–Crippen MR) is 94.1 cm³/mol. The molecule has 138 valence electrons. The number of rotatable bonds is 4. The van der Waals surface area contributed by atoms with Crippen LogP contribution in [0, 0.1) is 0 Å². The molecule has 1 heterocycles. The van der Waals surface area contributed by atoms with Crippen molar-refractivity contribution in [3.05, 3.63) is 53.7 Å². The first kappa shape index (κ1) is 18.2. The summed E-state index contributed by atoms with van der Waals surface area (Å²) in [6.07, 6.45) is 2.87. The third kappa shape index (κ3) is 4.74. The van der Waals surface area contributed by atoms with E-state index in [0.29, 0.717) is 11.9 Å². The number of aromatic nitrogens is 1. The van der Waals surface area contributed by atoms with E-state index in [4.69, 9.17) is 0 Å². The standard InChI is InChI=1S/C19H20F3N3O/c20-19(21,22)14-5-4-8-16(11-14)25-18(26)13-9-10-17(23-12-13)24-15-6-2-1-3-7-15/h4-5,8-12,15H,1-3,6-7H2,(H,23,24)(H,25,26). The van der Waals surface area contributed by atoms with E-state index < -0.39 is 17.6 Å². The summed E-state index contributed by atoms with van der Waals surface area (Å²) in [4.78, 5) is 16.5. The van der Waals surface area contributed by atoms with Gasteiger partial charge < -0.3 is 10.6 Å². The Hall–Kier alpha value is -2.57. The number of amides is 1. The Bertz CT molecular complexity index is 753. The molecule has 3 rings (SSSR count). The van der Waals surface area contributed by atoms with Crippen LogP contribution in [0.2, 0.25) is 0 Å². The number of benzene rings is 1. The van der Waals surface area contributed by atoms with Crippen molar-refractivity contribution in [2.45, 2.75) is 44.3 Å². The lowest BCUT2D eigenvalue weighted by molar-refractivity contribution is -0.137. The molecule has 1 fully saturated rings. The summed E-state index contributed by atoms with van der Waals surface area (Å²) in [5.41, 5.74) is -0.425. The second-order valence-electron chi connectivity index (χ2n) is 6.44. The van der Waals surface area contributed by atoms with Crippen molar-refractivity contribution >= 4 is 17.4 Å². The lowest BCUT2D eigenvalue weighted by Gasteiger charge is -2.23. The molecule has 1 amide bonds. The topological polar surface area (TPSA) is 54.0 Å². The highest BCUT2D eigenvalue weighted by Crippen LogP contribution is 2.30. The van der Waals surface area contributed by atoms with Crippen LogP contribution in [0.5, 0.6) is 0 Å². The summed E-state index contributed by atoms with van der Waals surface area (Å²) >= 11 is 0. The summed E-state index contributed by atoms with van der Waals surface area (Å²) < 4.78 is 38.2. The van der Waals surface area contributed by atoms with Crippen LogP contribution >= 0.6 is 0 Å². The third-order valence-corrected chi connectivity index (χ3v) is 4.43. The third-order valence-electron chi connectivity index (χ3n) is 4.43. The van der Waals surface area contributed by atoms with E-state index in [0.717, 1.165) is 25.0 Å². The summed E-state index contributed by atoms with van der Waals surface area (Å²) in [6.45, 7) is 0. The first-order valence-corrected chi connectivity index (χ1v) is 8.63. The number of carbonyl (C=O) groups excluding carboxylic acids is 1. The lowest BCUT2D eigenvalue weighted by atomic mass is 9.95. The molecular formula is C19H20F3N3O. The monoisotopic (exact) mass is 363 g/mol. The molecule has 26 heavy (non-hydrogen) atoms. The van der Waals surface area contributed by atoms with Crippen LogP contribution in [0.1, 0.15) is 48.0 Å². The number of nitrogens with zero attached hydrogens (tertiary/aromatic N) is 1. The molecule has 0 spiro atoms. The van der Waals surface area contributed by atoms with Gasteiger partial charge in [0.05, 0.1) is 11.1 Å². The van der Waals surface area contributed by atoms with E-state index in [2.05, 4.69) is 15.6 Å². The quantitative estimate of drug-likeness (QED) is 0.795. The molecule has 1 aromatic carbocycles. The van der Waals surface area contributed by atoms with E-state index in [9.17, 15) is 18.0 Å². The van der Waals surface area contributed by atoms with Gasteiger partial charge in [0.2, 0.25) is 0 Å². The molecule has 0 unspecified atom stereocenters. The van der Waals surface area contributed by atoms with Crippen molar-refractivity contribution in [3.8, 4) is 0 Å². The van der Waals surface area contributed by atoms with E-state index in [1.807, 2.05) is 0 Å². The number of hydrogen-bond donors (Lipinski definition) is 2. The van der Waals surface area contributed by atoms with Crippen LogP contribution in [0.25, 0.3) is 0 Å². The largest absolute Gasteiger partial charge is 0.416 e. The van der Waals surface area contributed by atoms with Crippen molar-refractivity contribution in [2.24, 2.45) is 0 Å². The molecule has 0 radical (unpaired) electrons. The highest BCUT2D eigenvalue weighted by molar-refractivity contribution is 6.04. The van der Waals surface area contributed by atoms with E-state index in [1.54, 1.807) is 12.1 Å². The van der Waals surface area contributed by atoms with Gasteiger partial charge in [-0.15, -0.1) is 0 Å². The maximum Gasteiger partial charge on any atom is 0.416 e. The minimum atomic E-state index is -4.45. The van der Waals surface area contributed by atoms with Gasteiger partial charge in [-0.05, 0) is 43.2 Å². The molecule has 4 nitrogen and oxygen atoms in total. The van der Waals surface area contributed by atoms with Crippen LogP contribution in [0.3, 0.4) is 0 Å². The van der Waals surface area contributed by atoms with Gasteiger partial charge in [-0.1, -0.05) is 25.3 Å². The number of pyridine rings is 1. The van der Waals surface area contributed by atoms with E-state index in [-0.39, 0.29) is 11.3 Å². The van der Waals surface area contributed by atoms with Gasteiger partial charge >= 0.3 is 6.18 Å². The van der Waals surface area contributed by atoms with Crippen molar-refractivity contribution in [1.29, 1.82) is 0 Å². The molecule has 2 aromatic rings. The molecule has 0 bridgehead atoms. The smallest absolute Gasteiger partial charge is 0.367 e. The number of anilines is 2. The van der Waals surface area contributed by atoms with Crippen LogP contribution in [0.4, 0.5) is 24.7 Å². The minimum absolute atomic E-state index is 0.0919. The Balaban J connectivity index is 1.63. The maximum atomic E-state index is 12.7. The fraction of sp³-hybridized carbons (Fsp3) is 0.368. The number of alkyl halides is 3. The van der Waals surface area contributed by atoms with Gasteiger partial charge in [0.25, 0.3) is 5.91 Å². The molecule has 0 atom stereocenters. The highest BCUT2D eigenvalue weighted by Gasteiger charge is 2.30. The second-order valence-corrected chi connectivity index (χ2v) is 6.44. The summed E-state index contributed by atoms with van der Waals surface area (Å²) in [5, 5.41) is 5.83. The van der Waals surface area contributed by atoms with Gasteiger partial charge in [0, 0.05) is 17.9 Å². The summed E-state index contributed by atoms with van der Waals surface area (Å²) in [5.74, 6) is 0.202. The highest BCUT2D eigenvalue weighted by atomic mass is 19.4. The van der Waals surface area contributed by atoms with Crippen molar-refractivity contribution < 1.29 is 18.0 Å².